The summed E-state index contributed by atoms with van der Waals surface area (Å²) in [7, 11) is 0. The second-order valence-electron chi connectivity index (χ2n) is 4.11. The van der Waals surface area contributed by atoms with E-state index in [0.29, 0.717) is 12.1 Å². The monoisotopic (exact) mass is 256 g/mol. The summed E-state index contributed by atoms with van der Waals surface area (Å²) in [5, 5.41) is 2.05. The van der Waals surface area contributed by atoms with Gasteiger partial charge in [-0.1, -0.05) is 18.2 Å². The Morgan fingerprint density at radius 3 is 2.83 bits per heavy atom. The van der Waals surface area contributed by atoms with Crippen molar-refractivity contribution in [1.29, 1.82) is 0 Å². The lowest BCUT2D eigenvalue weighted by Crippen LogP contribution is -2.15. The number of aryl methyl sites for hydroxylation is 2. The maximum Gasteiger partial charge on any atom is 0.270 e. The predicted molar refractivity (Wildman–Crippen MR) is 74.1 cm³/mol. The van der Waals surface area contributed by atoms with E-state index in [1.54, 1.807) is 11.3 Å². The third kappa shape index (κ3) is 2.19. The maximum atomic E-state index is 11.9. The molecule has 90 valence electrons. The molecule has 1 N–H and O–H groups in total. The van der Waals surface area contributed by atoms with Gasteiger partial charge in [-0.25, -0.2) is 4.98 Å². The van der Waals surface area contributed by atoms with Crippen molar-refractivity contribution in [2.75, 3.05) is 0 Å². The average molecular weight is 256 g/mol. The summed E-state index contributed by atoms with van der Waals surface area (Å²) in [4.78, 5) is 20.5. The van der Waals surface area contributed by atoms with E-state index < -0.39 is 0 Å². The molecular formula is C14H12N2OS. The number of fused-ring (bicyclic) bond motifs is 1. The minimum Gasteiger partial charge on any atom is -0.319 e. The zero-order valence-corrected chi connectivity index (χ0v) is 10.5. The molecule has 0 radical (unpaired) electrons. The van der Waals surface area contributed by atoms with Gasteiger partial charge in [0.2, 0.25) is 0 Å². The number of aromatic nitrogens is 2. The Balaban J connectivity index is 1.92. The van der Waals surface area contributed by atoms with Gasteiger partial charge in [0.1, 0.15) is 5.69 Å². The topological polar surface area (TPSA) is 45.8 Å². The van der Waals surface area contributed by atoms with Crippen molar-refractivity contribution >= 4 is 22.4 Å². The van der Waals surface area contributed by atoms with Crippen molar-refractivity contribution in [2.24, 2.45) is 0 Å². The predicted octanol–water partition coefficient (Wildman–Crippen LogP) is 2.77. The summed E-state index contributed by atoms with van der Waals surface area (Å²) in [6.45, 7) is 0. The molecule has 0 bridgehead atoms. The number of benzene rings is 1. The molecule has 2 aromatic heterocycles. The van der Waals surface area contributed by atoms with Gasteiger partial charge < -0.3 is 4.98 Å². The lowest BCUT2D eigenvalue weighted by molar-refractivity contribution is 0.907. The first-order valence-electron chi connectivity index (χ1n) is 5.83. The Morgan fingerprint density at radius 2 is 2.00 bits per heavy atom. The van der Waals surface area contributed by atoms with Crippen LogP contribution in [0.1, 0.15) is 10.6 Å². The summed E-state index contributed by atoms with van der Waals surface area (Å²) >= 11 is 1.71. The van der Waals surface area contributed by atoms with E-state index in [9.17, 15) is 4.79 Å². The van der Waals surface area contributed by atoms with Crippen LogP contribution >= 0.6 is 11.3 Å². The molecule has 3 nitrogen and oxygen atoms in total. The van der Waals surface area contributed by atoms with Gasteiger partial charge in [0, 0.05) is 11.3 Å². The van der Waals surface area contributed by atoms with Gasteiger partial charge in [0.05, 0.1) is 11.0 Å². The molecule has 1 aromatic carbocycles. The van der Waals surface area contributed by atoms with E-state index in [2.05, 4.69) is 16.0 Å². The normalized spacial score (nSPS) is 10.9. The van der Waals surface area contributed by atoms with Crippen LogP contribution in [0.15, 0.2) is 46.6 Å². The molecule has 0 saturated heterocycles. The van der Waals surface area contributed by atoms with Crippen LogP contribution in [0.3, 0.4) is 0 Å². The smallest absolute Gasteiger partial charge is 0.270 e. The number of aromatic amines is 1. The molecule has 3 aromatic rings. The quantitative estimate of drug-likeness (QED) is 0.783. The molecule has 0 saturated carbocycles. The van der Waals surface area contributed by atoms with Gasteiger partial charge in [-0.2, -0.15) is 0 Å². The summed E-state index contributed by atoms with van der Waals surface area (Å²) in [6.07, 6.45) is 1.55. The summed E-state index contributed by atoms with van der Waals surface area (Å²) < 4.78 is 0. The van der Waals surface area contributed by atoms with Crippen LogP contribution in [0.4, 0.5) is 0 Å². The Morgan fingerprint density at radius 1 is 1.11 bits per heavy atom. The SMILES string of the molecule is O=c1[nH]c2ccccc2nc1CCc1cccs1. The third-order valence-electron chi connectivity index (χ3n) is 2.86. The van der Waals surface area contributed by atoms with Crippen LogP contribution in [0.5, 0.6) is 0 Å². The number of hydrogen-bond acceptors (Lipinski definition) is 3. The number of H-pyrrole nitrogens is 1. The molecule has 0 aliphatic heterocycles. The number of para-hydroxylation sites is 2. The largest absolute Gasteiger partial charge is 0.319 e. The lowest BCUT2D eigenvalue weighted by Gasteiger charge is -2.01. The summed E-state index contributed by atoms with van der Waals surface area (Å²) in [5.41, 5.74) is 2.17. The fraction of sp³-hybridized carbons (Fsp3) is 0.143. The molecule has 0 fully saturated rings. The second-order valence-corrected chi connectivity index (χ2v) is 5.14. The molecule has 0 aliphatic rings. The maximum absolute atomic E-state index is 11.9. The van der Waals surface area contributed by atoms with Crippen molar-refractivity contribution in [3.8, 4) is 0 Å². The minimum atomic E-state index is -0.0785. The molecule has 18 heavy (non-hydrogen) atoms. The molecule has 3 rings (SSSR count). The number of thiophene rings is 1. The van der Waals surface area contributed by atoms with Gasteiger partial charge in [-0.05, 0) is 30.0 Å². The molecule has 0 spiro atoms. The van der Waals surface area contributed by atoms with E-state index in [1.807, 2.05) is 35.7 Å². The number of rotatable bonds is 3. The molecule has 0 atom stereocenters. The van der Waals surface area contributed by atoms with Gasteiger partial charge in [-0.3, -0.25) is 4.79 Å². The summed E-state index contributed by atoms with van der Waals surface area (Å²) in [5.74, 6) is 0. The van der Waals surface area contributed by atoms with Crippen LogP contribution in [0.25, 0.3) is 11.0 Å². The highest BCUT2D eigenvalue weighted by atomic mass is 32.1. The van der Waals surface area contributed by atoms with Gasteiger partial charge in [-0.15, -0.1) is 11.3 Å². The van der Waals surface area contributed by atoms with E-state index in [0.717, 1.165) is 17.5 Å². The fourth-order valence-corrected chi connectivity index (χ4v) is 2.64. The zero-order chi connectivity index (χ0) is 12.4. The van der Waals surface area contributed by atoms with E-state index in [-0.39, 0.29) is 5.56 Å². The van der Waals surface area contributed by atoms with Crippen LogP contribution in [-0.4, -0.2) is 9.97 Å². The van der Waals surface area contributed by atoms with Crippen LogP contribution in [-0.2, 0) is 12.8 Å². The number of nitrogens with zero attached hydrogens (tertiary/aromatic N) is 1. The van der Waals surface area contributed by atoms with Gasteiger partial charge in [0.25, 0.3) is 5.56 Å². The first-order chi connectivity index (χ1) is 8.83. The highest BCUT2D eigenvalue weighted by molar-refractivity contribution is 7.09. The first kappa shape index (κ1) is 11.2. The highest BCUT2D eigenvalue weighted by Gasteiger charge is 2.05. The zero-order valence-electron chi connectivity index (χ0n) is 9.72. The Labute approximate surface area is 108 Å². The Kier molecular flexibility index (Phi) is 2.94. The molecule has 2 heterocycles. The van der Waals surface area contributed by atoms with Crippen LogP contribution in [0.2, 0.25) is 0 Å². The van der Waals surface area contributed by atoms with E-state index in [1.165, 1.54) is 4.88 Å². The molecule has 4 heteroatoms. The van der Waals surface area contributed by atoms with Crippen molar-refractivity contribution in [1.82, 2.24) is 9.97 Å². The second kappa shape index (κ2) is 4.74. The van der Waals surface area contributed by atoms with E-state index in [4.69, 9.17) is 0 Å². The Bertz CT molecular complexity index is 716. The van der Waals surface area contributed by atoms with Gasteiger partial charge in [0.15, 0.2) is 0 Å². The molecule has 0 unspecified atom stereocenters. The highest BCUT2D eigenvalue weighted by Crippen LogP contribution is 2.12. The first-order valence-corrected chi connectivity index (χ1v) is 6.71. The van der Waals surface area contributed by atoms with E-state index >= 15 is 0 Å². The fourth-order valence-electron chi connectivity index (χ4n) is 1.93. The summed E-state index contributed by atoms with van der Waals surface area (Å²) in [6, 6.07) is 11.7. The molecule has 0 aliphatic carbocycles. The van der Waals surface area contributed by atoms with Crippen molar-refractivity contribution in [3.05, 3.63) is 62.7 Å². The van der Waals surface area contributed by atoms with Crippen LogP contribution < -0.4 is 5.56 Å². The standard InChI is InChI=1S/C14H12N2OS/c17-14-13(8-7-10-4-3-9-18-10)15-11-5-1-2-6-12(11)16-14/h1-6,9H,7-8H2,(H,16,17). The van der Waals surface area contributed by atoms with Crippen LogP contribution in [0, 0.1) is 0 Å². The average Bonchev–Trinajstić information content (AvgIpc) is 2.89. The minimum absolute atomic E-state index is 0.0785. The van der Waals surface area contributed by atoms with Crippen molar-refractivity contribution in [3.63, 3.8) is 0 Å². The molecule has 0 amide bonds. The lowest BCUT2D eigenvalue weighted by atomic mass is 10.2. The third-order valence-corrected chi connectivity index (χ3v) is 3.79. The van der Waals surface area contributed by atoms with Crippen molar-refractivity contribution < 1.29 is 0 Å². The number of nitrogens with one attached hydrogen (secondary N) is 1. The van der Waals surface area contributed by atoms with Gasteiger partial charge >= 0.3 is 0 Å². The number of hydrogen-bond donors (Lipinski definition) is 1. The molecular weight excluding hydrogens is 244 g/mol. The van der Waals surface area contributed by atoms with Crippen molar-refractivity contribution in [2.45, 2.75) is 12.8 Å². The Hall–Kier alpha value is -1.94.